The Bertz CT molecular complexity index is 762. The molecule has 0 aliphatic carbocycles. The monoisotopic (exact) mass is 328 g/mol. The van der Waals surface area contributed by atoms with Crippen molar-refractivity contribution < 1.29 is 14.7 Å². The molecule has 2 rings (SSSR count). The molecule has 0 saturated carbocycles. The molecule has 1 heterocycles. The van der Waals surface area contributed by atoms with Crippen molar-refractivity contribution >= 4 is 11.9 Å². The molecule has 5 heteroatoms. The van der Waals surface area contributed by atoms with Gasteiger partial charge >= 0.3 is 5.97 Å². The summed E-state index contributed by atoms with van der Waals surface area (Å²) in [7, 11) is 0. The summed E-state index contributed by atoms with van der Waals surface area (Å²) in [5, 5.41) is 11.6. The van der Waals surface area contributed by atoms with E-state index in [0.717, 1.165) is 22.6 Å². The van der Waals surface area contributed by atoms with Gasteiger partial charge in [-0.25, -0.2) is 0 Å². The highest BCUT2D eigenvalue weighted by Crippen LogP contribution is 2.23. The van der Waals surface area contributed by atoms with E-state index in [4.69, 9.17) is 5.11 Å². The highest BCUT2D eigenvalue weighted by Gasteiger charge is 2.19. The van der Waals surface area contributed by atoms with Crippen LogP contribution in [0.25, 0.3) is 5.69 Å². The van der Waals surface area contributed by atoms with Crippen LogP contribution in [0.5, 0.6) is 0 Å². The van der Waals surface area contributed by atoms with Crippen molar-refractivity contribution in [2.75, 3.05) is 0 Å². The third-order valence-electron chi connectivity index (χ3n) is 4.20. The second-order valence-electron chi connectivity index (χ2n) is 6.21. The van der Waals surface area contributed by atoms with E-state index in [9.17, 15) is 9.59 Å². The number of aryl methyl sites for hydroxylation is 2. The van der Waals surface area contributed by atoms with Crippen molar-refractivity contribution in [3.05, 3.63) is 52.8 Å². The number of carboxylic acids is 1. The van der Waals surface area contributed by atoms with Crippen LogP contribution in [0.1, 0.15) is 47.1 Å². The van der Waals surface area contributed by atoms with Crippen molar-refractivity contribution in [2.24, 2.45) is 0 Å². The van der Waals surface area contributed by atoms with Crippen molar-refractivity contribution in [3.63, 3.8) is 0 Å². The summed E-state index contributed by atoms with van der Waals surface area (Å²) in [5.74, 6) is -1.02. The molecule has 1 amide bonds. The van der Waals surface area contributed by atoms with Crippen LogP contribution in [0, 0.1) is 20.8 Å². The Balaban J connectivity index is 2.24. The summed E-state index contributed by atoms with van der Waals surface area (Å²) in [5.41, 5.74) is 4.69. The quantitative estimate of drug-likeness (QED) is 0.854. The predicted molar refractivity (Wildman–Crippen MR) is 93.8 cm³/mol. The number of hydrogen-bond acceptors (Lipinski definition) is 2. The van der Waals surface area contributed by atoms with Gasteiger partial charge in [-0.05, 0) is 51.8 Å². The molecule has 24 heavy (non-hydrogen) atoms. The number of nitrogens with one attached hydrogen (secondary N) is 1. The van der Waals surface area contributed by atoms with E-state index in [1.165, 1.54) is 0 Å². The van der Waals surface area contributed by atoms with Crippen molar-refractivity contribution in [3.8, 4) is 5.69 Å². The van der Waals surface area contributed by atoms with Crippen molar-refractivity contribution in [1.29, 1.82) is 0 Å². The fraction of sp³-hybridized carbons (Fsp3) is 0.368. The molecular weight excluding hydrogens is 304 g/mol. The second kappa shape index (κ2) is 7.34. The molecule has 0 aliphatic heterocycles. The molecule has 0 bridgehead atoms. The minimum absolute atomic E-state index is 0.0453. The van der Waals surface area contributed by atoms with E-state index in [-0.39, 0.29) is 18.4 Å². The molecule has 0 radical (unpaired) electrons. The molecule has 128 valence electrons. The van der Waals surface area contributed by atoms with Crippen LogP contribution in [-0.2, 0) is 4.79 Å². The van der Waals surface area contributed by atoms with Crippen LogP contribution >= 0.6 is 0 Å². The molecule has 0 fully saturated rings. The first-order valence-electron chi connectivity index (χ1n) is 8.09. The maximum absolute atomic E-state index is 12.5. The van der Waals surface area contributed by atoms with E-state index < -0.39 is 5.97 Å². The number of benzene rings is 1. The number of rotatable bonds is 6. The molecule has 1 atom stereocenters. The normalized spacial score (nSPS) is 12.0. The summed E-state index contributed by atoms with van der Waals surface area (Å²) >= 11 is 0. The number of aromatic nitrogens is 1. The predicted octanol–water partition coefficient (Wildman–Crippen LogP) is 3.39. The number of hydrogen-bond donors (Lipinski definition) is 2. The Kier molecular flexibility index (Phi) is 5.44. The molecule has 1 aromatic heterocycles. The summed E-state index contributed by atoms with van der Waals surface area (Å²) in [6, 6.07) is 9.74. The molecular formula is C19H24N2O3. The lowest BCUT2D eigenvalue weighted by Crippen LogP contribution is -2.33. The van der Waals surface area contributed by atoms with Crippen LogP contribution < -0.4 is 5.32 Å². The van der Waals surface area contributed by atoms with E-state index in [1.54, 1.807) is 0 Å². The molecule has 1 aromatic carbocycles. The zero-order valence-electron chi connectivity index (χ0n) is 14.6. The third kappa shape index (κ3) is 3.85. The smallest absolute Gasteiger partial charge is 0.303 e. The Morgan fingerprint density at radius 2 is 1.88 bits per heavy atom. The van der Waals surface area contributed by atoms with Crippen molar-refractivity contribution in [2.45, 2.75) is 46.6 Å². The van der Waals surface area contributed by atoms with Gasteiger partial charge in [-0.1, -0.05) is 18.2 Å². The fourth-order valence-electron chi connectivity index (χ4n) is 2.89. The first kappa shape index (κ1) is 17.8. The minimum atomic E-state index is -0.853. The average molecular weight is 328 g/mol. The molecule has 0 saturated heterocycles. The van der Waals surface area contributed by atoms with Gasteiger partial charge < -0.3 is 15.0 Å². The highest BCUT2D eigenvalue weighted by atomic mass is 16.4. The first-order chi connectivity index (χ1) is 11.3. The lowest BCUT2D eigenvalue weighted by atomic mass is 10.1. The van der Waals surface area contributed by atoms with Crippen LogP contribution in [-0.4, -0.2) is 27.6 Å². The third-order valence-corrected chi connectivity index (χ3v) is 4.20. The Morgan fingerprint density at radius 1 is 1.21 bits per heavy atom. The zero-order chi connectivity index (χ0) is 17.9. The fourth-order valence-corrected chi connectivity index (χ4v) is 2.89. The Morgan fingerprint density at radius 3 is 2.50 bits per heavy atom. The first-order valence-corrected chi connectivity index (χ1v) is 8.09. The number of carboxylic acid groups (broad SMARTS) is 1. The molecule has 1 unspecified atom stereocenters. The lowest BCUT2D eigenvalue weighted by molar-refractivity contribution is -0.137. The molecule has 2 N–H and O–H groups in total. The number of nitrogens with zero attached hydrogens (tertiary/aromatic N) is 1. The van der Waals surface area contributed by atoms with Crippen LogP contribution in [0.3, 0.4) is 0 Å². The summed E-state index contributed by atoms with van der Waals surface area (Å²) in [6.45, 7) is 7.77. The Labute approximate surface area is 142 Å². The molecule has 0 spiro atoms. The van der Waals surface area contributed by atoms with E-state index in [2.05, 4.69) is 9.88 Å². The molecule has 2 aromatic rings. The average Bonchev–Trinajstić information content (AvgIpc) is 2.81. The van der Waals surface area contributed by atoms with Gasteiger partial charge in [-0.2, -0.15) is 0 Å². The van der Waals surface area contributed by atoms with E-state index >= 15 is 0 Å². The van der Waals surface area contributed by atoms with E-state index in [0.29, 0.717) is 12.0 Å². The standard InChI is InChI=1S/C19H24N2O3/c1-12-7-5-6-8-17(12)21-14(3)11-16(15(21)4)19(24)20-13(2)9-10-18(22)23/h5-8,11,13H,9-10H2,1-4H3,(H,20,24)(H,22,23). The van der Waals surface area contributed by atoms with Gasteiger partial charge in [0, 0.05) is 29.5 Å². The van der Waals surface area contributed by atoms with Gasteiger partial charge in [0.2, 0.25) is 0 Å². The molecule has 0 aliphatic rings. The summed E-state index contributed by atoms with van der Waals surface area (Å²) in [6.07, 6.45) is 0.460. The highest BCUT2D eigenvalue weighted by molar-refractivity contribution is 5.96. The number of carbonyl (C=O) groups is 2. The maximum atomic E-state index is 12.5. The minimum Gasteiger partial charge on any atom is -0.481 e. The van der Waals surface area contributed by atoms with Gasteiger partial charge in [0.15, 0.2) is 0 Å². The van der Waals surface area contributed by atoms with E-state index in [1.807, 2.05) is 58.0 Å². The number of carbonyl (C=O) groups excluding carboxylic acids is 1. The van der Waals surface area contributed by atoms with Crippen LogP contribution in [0.2, 0.25) is 0 Å². The zero-order valence-corrected chi connectivity index (χ0v) is 14.6. The number of aliphatic carboxylic acids is 1. The van der Waals surface area contributed by atoms with Gasteiger partial charge in [-0.15, -0.1) is 0 Å². The SMILES string of the molecule is Cc1ccccc1-n1c(C)cc(C(=O)NC(C)CCC(=O)O)c1C. The Hall–Kier alpha value is -2.56. The van der Waals surface area contributed by atoms with Crippen molar-refractivity contribution in [1.82, 2.24) is 9.88 Å². The van der Waals surface area contributed by atoms with Crippen LogP contribution in [0.4, 0.5) is 0 Å². The maximum Gasteiger partial charge on any atom is 0.303 e. The van der Waals surface area contributed by atoms with Gasteiger partial charge in [0.05, 0.1) is 5.56 Å². The van der Waals surface area contributed by atoms with Gasteiger partial charge in [-0.3, -0.25) is 9.59 Å². The van der Waals surface area contributed by atoms with Gasteiger partial charge in [0.1, 0.15) is 0 Å². The number of para-hydroxylation sites is 1. The second-order valence-corrected chi connectivity index (χ2v) is 6.21. The molecule has 5 nitrogen and oxygen atoms in total. The largest absolute Gasteiger partial charge is 0.481 e. The lowest BCUT2D eigenvalue weighted by Gasteiger charge is -2.14. The summed E-state index contributed by atoms with van der Waals surface area (Å²) < 4.78 is 2.08. The van der Waals surface area contributed by atoms with Gasteiger partial charge in [0.25, 0.3) is 5.91 Å². The number of amides is 1. The summed E-state index contributed by atoms with van der Waals surface area (Å²) in [4.78, 5) is 23.2. The van der Waals surface area contributed by atoms with Crippen LogP contribution in [0.15, 0.2) is 30.3 Å². The topological polar surface area (TPSA) is 71.3 Å².